The van der Waals surface area contributed by atoms with Crippen LogP contribution in [0.25, 0.3) is 10.9 Å². The summed E-state index contributed by atoms with van der Waals surface area (Å²) in [5, 5.41) is 25.6. The highest BCUT2D eigenvalue weighted by Gasteiger charge is 2.21. The highest BCUT2D eigenvalue weighted by molar-refractivity contribution is 7.94. The Morgan fingerprint density at radius 1 is 1.00 bits per heavy atom. The lowest BCUT2D eigenvalue weighted by Gasteiger charge is -2.18. The van der Waals surface area contributed by atoms with Crippen molar-refractivity contribution in [3.63, 3.8) is 0 Å². The summed E-state index contributed by atoms with van der Waals surface area (Å²) in [5.41, 5.74) is 2.24. The summed E-state index contributed by atoms with van der Waals surface area (Å²) in [6, 6.07) is 19.5. The molecule has 0 amide bonds. The maximum Gasteiger partial charge on any atom is 0.339 e. The Balaban J connectivity index is 1.22. The van der Waals surface area contributed by atoms with Crippen LogP contribution in [-0.2, 0) is 26.6 Å². The van der Waals surface area contributed by atoms with Gasteiger partial charge in [-0.15, -0.1) is 11.3 Å². The number of fused-ring (bicyclic) bond motifs is 1. The molecule has 0 saturated carbocycles. The molecule has 0 fully saturated rings. The van der Waals surface area contributed by atoms with E-state index in [9.17, 15) is 26.7 Å². The molecule has 0 aliphatic heterocycles. The van der Waals surface area contributed by atoms with Crippen molar-refractivity contribution in [2.75, 3.05) is 11.3 Å². The summed E-state index contributed by atoms with van der Waals surface area (Å²) in [6.45, 7) is 2.15. The van der Waals surface area contributed by atoms with Crippen molar-refractivity contribution in [1.82, 2.24) is 10.3 Å². The molecule has 0 spiro atoms. The summed E-state index contributed by atoms with van der Waals surface area (Å²) in [7, 11) is -7.93. The van der Waals surface area contributed by atoms with Crippen LogP contribution >= 0.6 is 11.3 Å². The van der Waals surface area contributed by atoms with E-state index in [-0.39, 0.29) is 33.0 Å². The van der Waals surface area contributed by atoms with Crippen molar-refractivity contribution >= 4 is 54.0 Å². The number of aromatic nitrogens is 1. The minimum atomic E-state index is -4.22. The second kappa shape index (κ2) is 12.8. The fraction of sp³-hybridized carbons (Fsp3) is 0.167. The zero-order valence-corrected chi connectivity index (χ0v) is 25.7. The molecule has 5 N–H and O–H groups in total. The van der Waals surface area contributed by atoms with Gasteiger partial charge in [0.1, 0.15) is 9.10 Å². The van der Waals surface area contributed by atoms with E-state index in [0.29, 0.717) is 23.2 Å². The number of hydrogen-bond donors (Lipinski definition) is 5. The first kappa shape index (κ1) is 31.2. The average molecular weight is 656 g/mol. The molecule has 0 aliphatic carbocycles. The minimum absolute atomic E-state index is 0.0406. The standard InChI is InChI=1S/C30H29N3O8S3/c1-19(31-18-26(34)21-5-2-6-23(16-21)33-43(37,38)28-9-4-14-42-28)15-22-17-32-29-25(22)7-3-8-27(29)41-44(39,40)24-12-10-20(11-13-24)30(35)36/h2-14,16-17,19,26,31-34H,15,18H2,1H3,(H,35,36)/t19-,26+/m1/s1. The number of thiophene rings is 1. The number of aliphatic hydroxyl groups is 1. The third-order valence-corrected chi connectivity index (χ3v) is 10.8. The number of para-hydroxylation sites is 1. The van der Waals surface area contributed by atoms with Gasteiger partial charge in [0.15, 0.2) is 5.75 Å². The van der Waals surface area contributed by atoms with Gasteiger partial charge in [-0.05, 0) is 78.4 Å². The molecule has 230 valence electrons. The van der Waals surface area contributed by atoms with Crippen LogP contribution in [0.1, 0.15) is 34.5 Å². The molecule has 2 aromatic heterocycles. The number of H-pyrrole nitrogens is 1. The Kier molecular flexibility index (Phi) is 9.08. The van der Waals surface area contributed by atoms with Gasteiger partial charge in [-0.25, -0.2) is 13.2 Å². The predicted octanol–water partition coefficient (Wildman–Crippen LogP) is 4.75. The number of rotatable bonds is 13. The van der Waals surface area contributed by atoms with E-state index in [4.69, 9.17) is 9.29 Å². The Bertz CT molecular complexity index is 1990. The molecule has 2 heterocycles. The van der Waals surface area contributed by atoms with E-state index in [1.807, 2.05) is 13.0 Å². The van der Waals surface area contributed by atoms with Crippen LogP contribution in [-0.4, -0.2) is 50.6 Å². The quantitative estimate of drug-likeness (QED) is 0.112. The van der Waals surface area contributed by atoms with Crippen LogP contribution in [0.3, 0.4) is 0 Å². The number of carboxylic acid groups (broad SMARTS) is 1. The molecule has 2 atom stereocenters. The van der Waals surface area contributed by atoms with Crippen LogP contribution in [0.5, 0.6) is 5.75 Å². The lowest BCUT2D eigenvalue weighted by molar-refractivity contribution is 0.0696. The summed E-state index contributed by atoms with van der Waals surface area (Å²) in [6.07, 6.45) is 1.41. The maximum atomic E-state index is 12.9. The zero-order chi connectivity index (χ0) is 31.5. The SMILES string of the molecule is C[C@H](Cc1c[nH]c2c(OS(=O)(=O)c3ccc(C(=O)O)cc3)cccc12)NC[C@H](O)c1cccc(NS(=O)(=O)c2cccs2)c1. The molecule has 0 bridgehead atoms. The van der Waals surface area contributed by atoms with Crippen molar-refractivity contribution in [1.29, 1.82) is 0 Å². The summed E-state index contributed by atoms with van der Waals surface area (Å²) in [5.74, 6) is -1.07. The fourth-order valence-corrected chi connectivity index (χ4v) is 7.60. The van der Waals surface area contributed by atoms with Crippen molar-refractivity contribution in [2.45, 2.75) is 34.6 Å². The van der Waals surface area contributed by atoms with E-state index < -0.39 is 32.2 Å². The number of benzene rings is 3. The Morgan fingerprint density at radius 2 is 1.75 bits per heavy atom. The number of sulfonamides is 1. The number of aliphatic hydroxyl groups excluding tert-OH is 1. The van der Waals surface area contributed by atoms with Gasteiger partial charge >= 0.3 is 16.1 Å². The second-order valence-electron chi connectivity index (χ2n) is 10.1. The Labute approximate surface area is 258 Å². The third kappa shape index (κ3) is 7.11. The first-order valence-corrected chi connectivity index (χ1v) is 17.1. The van der Waals surface area contributed by atoms with Gasteiger partial charge in [0.25, 0.3) is 10.0 Å². The van der Waals surface area contributed by atoms with E-state index in [2.05, 4.69) is 15.0 Å². The predicted molar refractivity (Wildman–Crippen MR) is 167 cm³/mol. The number of aromatic amines is 1. The van der Waals surface area contributed by atoms with E-state index >= 15 is 0 Å². The lowest BCUT2D eigenvalue weighted by atomic mass is 10.0. The first-order valence-electron chi connectivity index (χ1n) is 13.4. The van der Waals surface area contributed by atoms with Crippen molar-refractivity contribution in [3.8, 4) is 5.75 Å². The van der Waals surface area contributed by atoms with Crippen LogP contribution < -0.4 is 14.2 Å². The fourth-order valence-electron chi connectivity index (χ4n) is 4.62. The molecule has 0 unspecified atom stereocenters. The van der Waals surface area contributed by atoms with Gasteiger partial charge in [-0.2, -0.15) is 8.42 Å². The number of carboxylic acids is 1. The van der Waals surface area contributed by atoms with Gasteiger partial charge in [0, 0.05) is 29.9 Å². The number of nitrogens with one attached hydrogen (secondary N) is 3. The lowest BCUT2D eigenvalue weighted by Crippen LogP contribution is -2.32. The van der Waals surface area contributed by atoms with Gasteiger partial charge in [0.05, 0.1) is 17.2 Å². The van der Waals surface area contributed by atoms with Crippen molar-refractivity contribution < 1.29 is 36.0 Å². The first-order chi connectivity index (χ1) is 20.9. The van der Waals surface area contributed by atoms with Gasteiger partial charge in [0.2, 0.25) is 0 Å². The average Bonchev–Trinajstić information content (AvgIpc) is 3.68. The van der Waals surface area contributed by atoms with Crippen molar-refractivity contribution in [3.05, 3.63) is 107 Å². The van der Waals surface area contributed by atoms with Gasteiger partial charge in [-0.3, -0.25) is 4.72 Å². The second-order valence-corrected chi connectivity index (χ2v) is 14.5. The topological polar surface area (TPSA) is 175 Å². The highest BCUT2D eigenvalue weighted by Crippen LogP contribution is 2.30. The van der Waals surface area contributed by atoms with E-state index in [1.165, 1.54) is 36.4 Å². The van der Waals surface area contributed by atoms with Gasteiger partial charge in [-0.1, -0.05) is 30.3 Å². The highest BCUT2D eigenvalue weighted by atomic mass is 32.2. The monoisotopic (exact) mass is 655 g/mol. The summed E-state index contributed by atoms with van der Waals surface area (Å²) < 4.78 is 59.0. The third-order valence-electron chi connectivity index (χ3n) is 6.82. The molecular formula is C30H29N3O8S3. The van der Waals surface area contributed by atoms with E-state index in [1.54, 1.807) is 48.0 Å². The maximum absolute atomic E-state index is 12.9. The molecule has 44 heavy (non-hydrogen) atoms. The number of anilines is 1. The molecule has 0 radical (unpaired) electrons. The van der Waals surface area contributed by atoms with Crippen LogP contribution in [0.2, 0.25) is 0 Å². The smallest absolute Gasteiger partial charge is 0.339 e. The van der Waals surface area contributed by atoms with Crippen LogP contribution in [0.15, 0.2) is 99.5 Å². The summed E-state index contributed by atoms with van der Waals surface area (Å²) in [4.78, 5) is 14.0. The largest absolute Gasteiger partial charge is 0.478 e. The van der Waals surface area contributed by atoms with Gasteiger partial charge < -0.3 is 24.7 Å². The minimum Gasteiger partial charge on any atom is -0.478 e. The number of carbonyl (C=O) groups is 1. The normalized spacial score (nSPS) is 13.4. The molecule has 3 aromatic carbocycles. The zero-order valence-electron chi connectivity index (χ0n) is 23.3. The molecule has 0 saturated heterocycles. The Hall–Kier alpha value is -4.21. The van der Waals surface area contributed by atoms with Crippen LogP contribution in [0, 0.1) is 0 Å². The Morgan fingerprint density at radius 3 is 2.45 bits per heavy atom. The molecule has 14 heteroatoms. The van der Waals surface area contributed by atoms with Crippen LogP contribution in [0.4, 0.5) is 5.69 Å². The molecule has 0 aliphatic rings. The number of hydrogen-bond acceptors (Lipinski definition) is 9. The number of aromatic carboxylic acids is 1. The molecular weight excluding hydrogens is 627 g/mol. The summed E-state index contributed by atoms with van der Waals surface area (Å²) >= 11 is 1.11. The van der Waals surface area contributed by atoms with Crippen molar-refractivity contribution in [2.24, 2.45) is 0 Å². The molecule has 5 rings (SSSR count). The van der Waals surface area contributed by atoms with E-state index in [0.717, 1.165) is 22.3 Å². The molecule has 11 nitrogen and oxygen atoms in total. The molecule has 5 aromatic rings.